The summed E-state index contributed by atoms with van der Waals surface area (Å²) in [5, 5.41) is 16.3. The number of rotatable bonds is 6. The van der Waals surface area contributed by atoms with Gasteiger partial charge in [-0.05, 0) is 17.9 Å². The van der Waals surface area contributed by atoms with E-state index in [2.05, 4.69) is 21.8 Å². The summed E-state index contributed by atoms with van der Waals surface area (Å²) >= 11 is 1.74. The first-order chi connectivity index (χ1) is 11.1. The Kier molecular flexibility index (Phi) is 8.69. The zero-order chi connectivity index (χ0) is 16.7. The zero-order valence-corrected chi connectivity index (χ0v) is 16.8. The van der Waals surface area contributed by atoms with Crippen LogP contribution in [0.2, 0.25) is 0 Å². The summed E-state index contributed by atoms with van der Waals surface area (Å²) in [7, 11) is 3.67. The van der Waals surface area contributed by atoms with Crippen LogP contribution in [0, 0.1) is 10.1 Å². The maximum atomic E-state index is 11.0. The van der Waals surface area contributed by atoms with Gasteiger partial charge in [0.2, 0.25) is 0 Å². The summed E-state index contributed by atoms with van der Waals surface area (Å²) < 4.78 is 0. The number of aliphatic imine (C=N–C) groups is 1. The fraction of sp³-hybridized carbons (Fsp3) is 0.312. The van der Waals surface area contributed by atoms with Gasteiger partial charge >= 0.3 is 0 Å². The Hall–Kier alpha value is -1.68. The number of nitrogens with zero attached hydrogens (tertiary/aromatic N) is 3. The molecule has 0 unspecified atom stereocenters. The number of hydrogen-bond acceptors (Lipinski definition) is 4. The Balaban J connectivity index is 0.00000288. The maximum absolute atomic E-state index is 11.0. The smallest absolute Gasteiger partial charge is 0.274 e. The van der Waals surface area contributed by atoms with Crippen LogP contribution in [0.3, 0.4) is 0 Å². The minimum atomic E-state index is -0.361. The van der Waals surface area contributed by atoms with Gasteiger partial charge in [-0.2, -0.15) is 0 Å². The molecule has 130 valence electrons. The molecule has 24 heavy (non-hydrogen) atoms. The quantitative estimate of drug-likeness (QED) is 0.236. The molecule has 0 aliphatic rings. The molecular weight excluding hydrogens is 439 g/mol. The van der Waals surface area contributed by atoms with Crippen LogP contribution < -0.4 is 5.32 Å². The van der Waals surface area contributed by atoms with E-state index in [-0.39, 0.29) is 34.6 Å². The number of guanidine groups is 1. The van der Waals surface area contributed by atoms with E-state index in [1.54, 1.807) is 36.6 Å². The van der Waals surface area contributed by atoms with Crippen LogP contribution in [0.15, 0.2) is 46.8 Å². The van der Waals surface area contributed by atoms with Gasteiger partial charge in [0.25, 0.3) is 5.69 Å². The van der Waals surface area contributed by atoms with Crippen molar-refractivity contribution >= 4 is 47.0 Å². The number of para-hydroxylation sites is 1. The maximum Gasteiger partial charge on any atom is 0.274 e. The van der Waals surface area contributed by atoms with Gasteiger partial charge in [-0.15, -0.1) is 35.3 Å². The second kappa shape index (κ2) is 10.2. The molecule has 1 aromatic heterocycles. The normalized spacial score (nSPS) is 10.8. The lowest BCUT2D eigenvalue weighted by molar-refractivity contribution is -0.385. The van der Waals surface area contributed by atoms with Crippen molar-refractivity contribution in [3.8, 4) is 0 Å². The molecule has 0 radical (unpaired) electrons. The second-order valence-corrected chi connectivity index (χ2v) is 6.07. The first kappa shape index (κ1) is 20.4. The molecule has 0 aliphatic heterocycles. The van der Waals surface area contributed by atoms with Crippen LogP contribution in [0.5, 0.6) is 0 Å². The van der Waals surface area contributed by atoms with Crippen molar-refractivity contribution in [2.75, 3.05) is 20.6 Å². The second-order valence-electron chi connectivity index (χ2n) is 5.04. The van der Waals surface area contributed by atoms with Crippen molar-refractivity contribution in [1.29, 1.82) is 0 Å². The van der Waals surface area contributed by atoms with Crippen LogP contribution in [0.4, 0.5) is 5.69 Å². The summed E-state index contributed by atoms with van der Waals surface area (Å²) in [4.78, 5) is 18.3. The van der Waals surface area contributed by atoms with Crippen LogP contribution >= 0.6 is 35.3 Å². The molecule has 0 fully saturated rings. The fourth-order valence-electron chi connectivity index (χ4n) is 2.24. The summed E-state index contributed by atoms with van der Waals surface area (Å²) in [5.74, 6) is 0.722. The molecule has 2 aromatic rings. The molecular formula is C16H21IN4O2S. The third-order valence-electron chi connectivity index (χ3n) is 3.47. The van der Waals surface area contributed by atoms with E-state index in [0.29, 0.717) is 12.1 Å². The molecule has 0 aliphatic carbocycles. The van der Waals surface area contributed by atoms with Gasteiger partial charge in [0.05, 0.1) is 4.92 Å². The van der Waals surface area contributed by atoms with Gasteiger partial charge in [0.15, 0.2) is 5.96 Å². The lowest BCUT2D eigenvalue weighted by Gasteiger charge is -2.21. The number of likely N-dealkylation sites (N-methyl/N-ethyl adjacent to an activating group) is 1. The molecule has 6 nitrogen and oxygen atoms in total. The summed E-state index contributed by atoms with van der Waals surface area (Å²) in [6.07, 6.45) is 0.945. The van der Waals surface area contributed by atoms with E-state index in [4.69, 9.17) is 0 Å². The summed E-state index contributed by atoms with van der Waals surface area (Å²) in [5.41, 5.74) is 0.766. The van der Waals surface area contributed by atoms with Gasteiger partial charge in [-0.1, -0.05) is 24.3 Å². The fourth-order valence-corrected chi connectivity index (χ4v) is 2.93. The zero-order valence-electron chi connectivity index (χ0n) is 13.6. The topological polar surface area (TPSA) is 70.8 Å². The first-order valence-corrected chi connectivity index (χ1v) is 8.16. The molecule has 0 bridgehead atoms. The molecule has 2 rings (SSSR count). The first-order valence-electron chi connectivity index (χ1n) is 7.28. The van der Waals surface area contributed by atoms with Crippen molar-refractivity contribution in [3.05, 3.63) is 62.3 Å². The van der Waals surface area contributed by atoms with Crippen LogP contribution in [0.1, 0.15) is 10.4 Å². The van der Waals surface area contributed by atoms with Gasteiger partial charge in [-0.3, -0.25) is 15.1 Å². The highest BCUT2D eigenvalue weighted by Gasteiger charge is 2.13. The van der Waals surface area contributed by atoms with Crippen LogP contribution in [-0.2, 0) is 13.0 Å². The van der Waals surface area contributed by atoms with Gasteiger partial charge in [-0.25, -0.2) is 0 Å². The van der Waals surface area contributed by atoms with Crippen LogP contribution in [0.25, 0.3) is 0 Å². The molecule has 0 saturated carbocycles. The number of hydrogen-bond donors (Lipinski definition) is 1. The number of halogens is 1. The van der Waals surface area contributed by atoms with Gasteiger partial charge in [0.1, 0.15) is 0 Å². The highest BCUT2D eigenvalue weighted by Crippen LogP contribution is 2.17. The van der Waals surface area contributed by atoms with Crippen molar-refractivity contribution in [3.63, 3.8) is 0 Å². The number of thiophene rings is 1. The van der Waals surface area contributed by atoms with Gasteiger partial charge < -0.3 is 10.2 Å². The molecule has 0 saturated heterocycles. The summed E-state index contributed by atoms with van der Waals surface area (Å²) in [6, 6.07) is 10.9. The van der Waals surface area contributed by atoms with Crippen LogP contribution in [-0.4, -0.2) is 36.4 Å². The Morgan fingerprint density at radius 2 is 2.08 bits per heavy atom. The predicted octanol–water partition coefficient (Wildman–Crippen LogP) is 3.52. The Morgan fingerprint density at radius 1 is 1.33 bits per heavy atom. The largest absolute Gasteiger partial charge is 0.352 e. The van der Waals surface area contributed by atoms with E-state index in [0.717, 1.165) is 18.9 Å². The van der Waals surface area contributed by atoms with E-state index in [9.17, 15) is 10.1 Å². The van der Waals surface area contributed by atoms with Gasteiger partial charge in [0, 0.05) is 43.7 Å². The van der Waals surface area contributed by atoms with E-state index in [1.807, 2.05) is 18.0 Å². The molecule has 1 N–H and O–H groups in total. The Morgan fingerprint density at radius 3 is 2.71 bits per heavy atom. The highest BCUT2D eigenvalue weighted by atomic mass is 127. The number of nitro benzene ring substituents is 1. The minimum absolute atomic E-state index is 0. The molecule has 0 spiro atoms. The molecule has 1 heterocycles. The third-order valence-corrected chi connectivity index (χ3v) is 4.41. The molecule has 0 atom stereocenters. The Labute approximate surface area is 162 Å². The monoisotopic (exact) mass is 460 g/mol. The average Bonchev–Trinajstić information content (AvgIpc) is 3.07. The van der Waals surface area contributed by atoms with E-state index >= 15 is 0 Å². The number of nitrogens with one attached hydrogen (secondary N) is 1. The summed E-state index contributed by atoms with van der Waals surface area (Å²) in [6.45, 7) is 1.20. The van der Waals surface area contributed by atoms with Crippen molar-refractivity contribution in [2.45, 2.75) is 13.0 Å². The third kappa shape index (κ3) is 5.75. The van der Waals surface area contributed by atoms with E-state index in [1.165, 1.54) is 10.9 Å². The lowest BCUT2D eigenvalue weighted by Crippen LogP contribution is -2.39. The molecule has 8 heteroatoms. The SMILES string of the molecule is CN=C(NCc1ccccc1[N+](=O)[O-])N(C)CCc1cccs1.I. The minimum Gasteiger partial charge on any atom is -0.352 e. The highest BCUT2D eigenvalue weighted by molar-refractivity contribution is 14.0. The molecule has 1 aromatic carbocycles. The van der Waals surface area contributed by atoms with Crippen molar-refractivity contribution < 1.29 is 4.92 Å². The van der Waals surface area contributed by atoms with E-state index < -0.39 is 0 Å². The number of nitro groups is 1. The predicted molar refractivity (Wildman–Crippen MR) is 109 cm³/mol. The standard InChI is InChI=1S/C16H20N4O2S.HI/c1-17-16(19(2)10-9-14-7-5-11-23-14)18-12-13-6-3-4-8-15(13)20(21)22;/h3-8,11H,9-10,12H2,1-2H3,(H,17,18);1H. The van der Waals surface area contributed by atoms with Crippen molar-refractivity contribution in [2.24, 2.45) is 4.99 Å². The molecule has 0 amide bonds. The average molecular weight is 460 g/mol. The number of benzene rings is 1. The Bertz CT molecular complexity index is 676. The van der Waals surface area contributed by atoms with Crippen molar-refractivity contribution in [1.82, 2.24) is 10.2 Å². The lowest BCUT2D eigenvalue weighted by atomic mass is 10.2.